The largest absolute Gasteiger partial charge is 0.378 e. The van der Waals surface area contributed by atoms with Crippen molar-refractivity contribution in [2.45, 2.75) is 11.8 Å². The molecule has 24 heavy (non-hydrogen) atoms. The van der Waals surface area contributed by atoms with Crippen LogP contribution >= 0.6 is 11.6 Å². The van der Waals surface area contributed by atoms with E-state index in [1.165, 1.54) is 6.07 Å². The van der Waals surface area contributed by atoms with Crippen molar-refractivity contribution in [3.63, 3.8) is 0 Å². The maximum atomic E-state index is 12.3. The minimum Gasteiger partial charge on any atom is -0.378 e. The number of nitrogens with one attached hydrogen (secondary N) is 1. The number of anilines is 1. The van der Waals surface area contributed by atoms with E-state index >= 15 is 0 Å². The van der Waals surface area contributed by atoms with Gasteiger partial charge in [-0.3, -0.25) is 0 Å². The molecule has 2 rings (SSSR count). The van der Waals surface area contributed by atoms with Crippen LogP contribution < -0.4 is 9.62 Å². The average molecular weight is 363 g/mol. The van der Waals surface area contributed by atoms with Gasteiger partial charge in [-0.05, 0) is 48.9 Å². The first-order valence-electron chi connectivity index (χ1n) is 7.32. The molecule has 0 unspecified atom stereocenters. The zero-order valence-corrected chi connectivity index (χ0v) is 15.4. The average Bonchev–Trinajstić information content (AvgIpc) is 2.54. The van der Waals surface area contributed by atoms with Gasteiger partial charge in [-0.15, -0.1) is 0 Å². The first-order valence-corrected chi connectivity index (χ1v) is 9.18. The second-order valence-electron chi connectivity index (χ2n) is 5.48. The third-order valence-corrected chi connectivity index (χ3v) is 5.19. The fraction of sp³-hybridized carbons (Fsp3) is 0.222. The second kappa shape index (κ2) is 7.71. The van der Waals surface area contributed by atoms with Crippen LogP contribution in [0.4, 0.5) is 5.69 Å². The van der Waals surface area contributed by atoms with Gasteiger partial charge in [0.05, 0.1) is 11.4 Å². The van der Waals surface area contributed by atoms with Gasteiger partial charge < -0.3 is 4.90 Å². The van der Waals surface area contributed by atoms with Gasteiger partial charge in [0.25, 0.3) is 0 Å². The van der Waals surface area contributed by atoms with Crippen molar-refractivity contribution in [3.8, 4) is 11.8 Å². The molecule has 6 heteroatoms. The lowest BCUT2D eigenvalue weighted by Gasteiger charge is -2.11. The molecular formula is C18H19ClN2O2S. The van der Waals surface area contributed by atoms with Crippen LogP contribution in [0.25, 0.3) is 0 Å². The van der Waals surface area contributed by atoms with E-state index < -0.39 is 10.0 Å². The summed E-state index contributed by atoms with van der Waals surface area (Å²) in [6, 6.07) is 12.5. The van der Waals surface area contributed by atoms with E-state index in [4.69, 9.17) is 11.6 Å². The lowest BCUT2D eigenvalue weighted by molar-refractivity contribution is 0.585. The predicted octanol–water partition coefficient (Wildman–Crippen LogP) is 3.04. The van der Waals surface area contributed by atoms with E-state index in [0.717, 1.165) is 11.3 Å². The minimum atomic E-state index is -3.63. The number of halogens is 1. The zero-order valence-electron chi connectivity index (χ0n) is 13.8. The van der Waals surface area contributed by atoms with Crippen molar-refractivity contribution in [3.05, 3.63) is 58.6 Å². The molecule has 0 amide bonds. The predicted molar refractivity (Wildman–Crippen MR) is 99.0 cm³/mol. The smallest absolute Gasteiger partial charge is 0.241 e. The molecule has 0 aromatic heterocycles. The maximum Gasteiger partial charge on any atom is 0.241 e. The Labute approximate surface area is 148 Å². The molecule has 0 saturated carbocycles. The van der Waals surface area contributed by atoms with Crippen molar-refractivity contribution in [2.24, 2.45) is 0 Å². The topological polar surface area (TPSA) is 49.4 Å². The molecule has 0 fully saturated rings. The van der Waals surface area contributed by atoms with Crippen LogP contribution in [0.3, 0.4) is 0 Å². The summed E-state index contributed by atoms with van der Waals surface area (Å²) in [5, 5.41) is 0.382. The summed E-state index contributed by atoms with van der Waals surface area (Å²) in [6.07, 6.45) is 0. The fourth-order valence-electron chi connectivity index (χ4n) is 2.06. The van der Waals surface area contributed by atoms with Crippen LogP contribution in [0, 0.1) is 18.8 Å². The number of nitrogens with zero attached hydrogens (tertiary/aromatic N) is 1. The summed E-state index contributed by atoms with van der Waals surface area (Å²) >= 11 is 5.88. The van der Waals surface area contributed by atoms with Gasteiger partial charge in [0, 0.05) is 30.4 Å². The van der Waals surface area contributed by atoms with Gasteiger partial charge in [0.2, 0.25) is 10.0 Å². The highest BCUT2D eigenvalue weighted by atomic mass is 35.5. The van der Waals surface area contributed by atoms with Crippen molar-refractivity contribution in [1.82, 2.24) is 4.72 Å². The number of benzene rings is 2. The Morgan fingerprint density at radius 1 is 1.12 bits per heavy atom. The Morgan fingerprint density at radius 2 is 1.79 bits per heavy atom. The molecule has 0 bridgehead atoms. The van der Waals surface area contributed by atoms with E-state index in [-0.39, 0.29) is 11.4 Å². The Balaban J connectivity index is 2.05. The van der Waals surface area contributed by atoms with E-state index in [9.17, 15) is 8.42 Å². The number of hydrogen-bond acceptors (Lipinski definition) is 3. The third-order valence-electron chi connectivity index (χ3n) is 3.41. The van der Waals surface area contributed by atoms with Gasteiger partial charge in [0.15, 0.2) is 0 Å². The van der Waals surface area contributed by atoms with Crippen LogP contribution in [0.1, 0.15) is 11.1 Å². The van der Waals surface area contributed by atoms with E-state index in [1.807, 2.05) is 43.3 Å². The van der Waals surface area contributed by atoms with E-state index in [0.29, 0.717) is 10.6 Å². The van der Waals surface area contributed by atoms with E-state index in [2.05, 4.69) is 16.6 Å². The summed E-state index contributed by atoms with van der Waals surface area (Å²) in [5.41, 5.74) is 2.55. The van der Waals surface area contributed by atoms with Crippen LogP contribution in [0.2, 0.25) is 5.02 Å². The van der Waals surface area contributed by atoms with Crippen LogP contribution in [0.5, 0.6) is 0 Å². The molecule has 0 atom stereocenters. The number of rotatable bonds is 4. The van der Waals surface area contributed by atoms with Crippen LogP contribution in [-0.2, 0) is 10.0 Å². The molecule has 0 spiro atoms. The van der Waals surface area contributed by atoms with Crippen LogP contribution in [0.15, 0.2) is 47.4 Å². The molecule has 0 radical (unpaired) electrons. The molecule has 0 aliphatic rings. The van der Waals surface area contributed by atoms with Crippen molar-refractivity contribution in [2.75, 3.05) is 25.5 Å². The number of sulfonamides is 1. The van der Waals surface area contributed by atoms with Crippen molar-refractivity contribution < 1.29 is 8.42 Å². The Kier molecular flexibility index (Phi) is 5.89. The molecule has 2 aromatic carbocycles. The number of hydrogen-bond donors (Lipinski definition) is 1. The normalized spacial score (nSPS) is 10.8. The van der Waals surface area contributed by atoms with Crippen molar-refractivity contribution >= 4 is 27.3 Å². The summed E-state index contributed by atoms with van der Waals surface area (Å²) in [7, 11) is 0.302. The highest BCUT2D eigenvalue weighted by molar-refractivity contribution is 7.89. The monoisotopic (exact) mass is 362 g/mol. The second-order valence-corrected chi connectivity index (χ2v) is 7.65. The molecule has 1 N–H and O–H groups in total. The quantitative estimate of drug-likeness (QED) is 0.850. The third kappa shape index (κ3) is 4.75. The summed E-state index contributed by atoms with van der Waals surface area (Å²) in [4.78, 5) is 2.17. The summed E-state index contributed by atoms with van der Waals surface area (Å²) in [5.74, 6) is 5.76. The highest BCUT2D eigenvalue weighted by Gasteiger charge is 2.16. The maximum absolute atomic E-state index is 12.3. The number of aryl methyl sites for hydroxylation is 1. The minimum absolute atomic E-state index is 0.0315. The Bertz CT molecular complexity index is 879. The first-order chi connectivity index (χ1) is 11.3. The molecule has 126 valence electrons. The van der Waals surface area contributed by atoms with Crippen molar-refractivity contribution in [1.29, 1.82) is 0 Å². The summed E-state index contributed by atoms with van der Waals surface area (Å²) < 4.78 is 27.1. The molecule has 0 aliphatic heterocycles. The zero-order chi connectivity index (χ0) is 17.7. The van der Waals surface area contributed by atoms with Gasteiger partial charge in [-0.25, -0.2) is 8.42 Å². The molecule has 0 heterocycles. The molecule has 2 aromatic rings. The van der Waals surface area contributed by atoms with E-state index in [1.54, 1.807) is 19.1 Å². The fourth-order valence-corrected chi connectivity index (χ4v) is 3.49. The van der Waals surface area contributed by atoms with Gasteiger partial charge >= 0.3 is 0 Å². The molecule has 0 aliphatic carbocycles. The highest BCUT2D eigenvalue weighted by Crippen LogP contribution is 2.19. The standard InChI is InChI=1S/C18H19ClN2O2S/c1-14-6-9-16(19)13-18(14)24(22,23)20-12-4-5-15-7-10-17(11-8-15)21(2)3/h6-11,13,20H,12H2,1-3H3. The Hall–Kier alpha value is -2.00. The molecule has 4 nitrogen and oxygen atoms in total. The first kappa shape index (κ1) is 18.3. The molecule has 0 saturated heterocycles. The summed E-state index contributed by atoms with van der Waals surface area (Å²) in [6.45, 7) is 1.76. The van der Waals surface area contributed by atoms with Gasteiger partial charge in [-0.1, -0.05) is 29.5 Å². The van der Waals surface area contributed by atoms with Crippen LogP contribution in [-0.4, -0.2) is 29.1 Å². The molecular weight excluding hydrogens is 344 g/mol. The lowest BCUT2D eigenvalue weighted by Crippen LogP contribution is -2.24. The SMILES string of the molecule is Cc1ccc(Cl)cc1S(=O)(=O)NCC#Cc1ccc(N(C)C)cc1. The lowest BCUT2D eigenvalue weighted by atomic mass is 10.2. The Morgan fingerprint density at radius 3 is 2.42 bits per heavy atom. The van der Waals surface area contributed by atoms with Gasteiger partial charge in [0.1, 0.15) is 0 Å². The van der Waals surface area contributed by atoms with Gasteiger partial charge in [-0.2, -0.15) is 4.72 Å².